The van der Waals surface area contributed by atoms with Crippen molar-refractivity contribution in [3.63, 3.8) is 0 Å². The summed E-state index contributed by atoms with van der Waals surface area (Å²) in [4.78, 5) is 19.8. The molecule has 7 nitrogen and oxygen atoms in total. The van der Waals surface area contributed by atoms with E-state index in [2.05, 4.69) is 15.5 Å². The highest BCUT2D eigenvalue weighted by Crippen LogP contribution is 2.27. The molecule has 0 saturated carbocycles. The van der Waals surface area contributed by atoms with Crippen LogP contribution in [0.2, 0.25) is 0 Å². The number of carbonyl (C=O) groups excluding carboxylic acids is 1. The van der Waals surface area contributed by atoms with Crippen LogP contribution in [0.4, 0.5) is 5.82 Å². The Morgan fingerprint density at radius 2 is 2.04 bits per heavy atom. The number of rotatable bonds is 6. The lowest BCUT2D eigenvalue weighted by atomic mass is 10.0. The molecule has 7 heteroatoms. The van der Waals surface area contributed by atoms with E-state index >= 15 is 0 Å². The maximum Gasteiger partial charge on any atom is 0.256 e. The molecule has 2 atom stereocenters. The van der Waals surface area contributed by atoms with Gasteiger partial charge in [0, 0.05) is 31.1 Å². The van der Waals surface area contributed by atoms with Gasteiger partial charge in [0.2, 0.25) is 0 Å². The zero-order valence-electron chi connectivity index (χ0n) is 16.9. The first-order valence-corrected chi connectivity index (χ1v) is 9.97. The molecule has 2 aromatic rings. The molecule has 2 heterocycles. The van der Waals surface area contributed by atoms with Gasteiger partial charge >= 0.3 is 0 Å². The van der Waals surface area contributed by atoms with Crippen LogP contribution < -0.4 is 21.3 Å². The van der Waals surface area contributed by atoms with Crippen LogP contribution in [0.25, 0.3) is 10.9 Å². The molecular formula is C21H31N5O2. The van der Waals surface area contributed by atoms with Gasteiger partial charge in [0.25, 0.3) is 5.91 Å². The van der Waals surface area contributed by atoms with Gasteiger partial charge in [0.1, 0.15) is 5.82 Å². The number of benzene rings is 1. The Labute approximate surface area is 166 Å². The summed E-state index contributed by atoms with van der Waals surface area (Å²) in [6.45, 7) is 7.77. The molecule has 0 radical (unpaired) electrons. The van der Waals surface area contributed by atoms with Gasteiger partial charge in [0.05, 0.1) is 23.3 Å². The van der Waals surface area contributed by atoms with Crippen LogP contribution >= 0.6 is 0 Å². The second kappa shape index (κ2) is 8.86. The SMILES string of the molecule is Cc1ccc2nc(N3CCC(NC[C@@H](C)O)CC3)c(C(=O)NC(C)N)cc2c1. The van der Waals surface area contributed by atoms with E-state index in [-0.39, 0.29) is 12.0 Å². The number of aryl methyl sites for hydroxylation is 1. The Morgan fingerprint density at radius 1 is 1.32 bits per heavy atom. The van der Waals surface area contributed by atoms with Crippen LogP contribution in [0.3, 0.4) is 0 Å². The first-order valence-electron chi connectivity index (χ1n) is 9.97. The second-order valence-corrected chi connectivity index (χ2v) is 7.84. The molecule has 1 unspecified atom stereocenters. The number of hydrogen-bond donors (Lipinski definition) is 4. The van der Waals surface area contributed by atoms with Crippen LogP contribution in [-0.4, -0.2) is 53.9 Å². The molecule has 1 aliphatic heterocycles. The van der Waals surface area contributed by atoms with Crippen molar-refractivity contribution in [2.75, 3.05) is 24.5 Å². The Balaban J connectivity index is 1.86. The van der Waals surface area contributed by atoms with Crippen molar-refractivity contribution in [1.29, 1.82) is 0 Å². The molecule has 5 N–H and O–H groups in total. The van der Waals surface area contributed by atoms with E-state index < -0.39 is 6.17 Å². The molecule has 1 aliphatic rings. The number of carbonyl (C=O) groups is 1. The van der Waals surface area contributed by atoms with Crippen molar-refractivity contribution in [3.8, 4) is 0 Å². The predicted octanol–water partition coefficient (Wildman–Crippen LogP) is 1.52. The van der Waals surface area contributed by atoms with E-state index in [1.54, 1.807) is 13.8 Å². The summed E-state index contributed by atoms with van der Waals surface area (Å²) in [5.41, 5.74) is 8.35. The number of nitrogens with zero attached hydrogens (tertiary/aromatic N) is 2. The maximum absolute atomic E-state index is 12.8. The fourth-order valence-electron chi connectivity index (χ4n) is 3.61. The zero-order chi connectivity index (χ0) is 20.3. The second-order valence-electron chi connectivity index (χ2n) is 7.84. The lowest BCUT2D eigenvalue weighted by Gasteiger charge is -2.34. The molecule has 0 aliphatic carbocycles. The molecule has 28 heavy (non-hydrogen) atoms. The van der Waals surface area contributed by atoms with Gasteiger partial charge in [-0.05, 0) is 51.8 Å². The van der Waals surface area contributed by atoms with E-state index in [0.717, 1.165) is 42.4 Å². The summed E-state index contributed by atoms with van der Waals surface area (Å²) in [5.74, 6) is 0.513. The topological polar surface area (TPSA) is 104 Å². The fourth-order valence-corrected chi connectivity index (χ4v) is 3.61. The number of pyridine rings is 1. The molecule has 1 saturated heterocycles. The van der Waals surface area contributed by atoms with Crippen molar-refractivity contribution in [2.24, 2.45) is 5.73 Å². The normalized spacial score (nSPS) is 17.5. The smallest absolute Gasteiger partial charge is 0.256 e. The van der Waals surface area contributed by atoms with Crippen LogP contribution in [0.1, 0.15) is 42.6 Å². The summed E-state index contributed by atoms with van der Waals surface area (Å²) in [6.07, 6.45) is 1.10. The average molecular weight is 386 g/mol. The van der Waals surface area contributed by atoms with E-state index in [0.29, 0.717) is 24.0 Å². The number of nitrogens with two attached hydrogens (primary N) is 1. The van der Waals surface area contributed by atoms with E-state index in [4.69, 9.17) is 10.7 Å². The quantitative estimate of drug-likeness (QED) is 0.562. The van der Waals surface area contributed by atoms with Gasteiger partial charge < -0.3 is 26.4 Å². The molecule has 3 rings (SSSR count). The molecule has 152 valence electrons. The van der Waals surface area contributed by atoms with Gasteiger partial charge in [-0.3, -0.25) is 4.79 Å². The minimum absolute atomic E-state index is 0.199. The third-order valence-electron chi connectivity index (χ3n) is 5.05. The monoisotopic (exact) mass is 385 g/mol. The zero-order valence-corrected chi connectivity index (χ0v) is 16.9. The number of amides is 1. The highest BCUT2D eigenvalue weighted by atomic mass is 16.3. The minimum atomic E-state index is -0.427. The third-order valence-corrected chi connectivity index (χ3v) is 5.05. The minimum Gasteiger partial charge on any atom is -0.392 e. The van der Waals surface area contributed by atoms with E-state index in [1.807, 2.05) is 31.2 Å². The average Bonchev–Trinajstić information content (AvgIpc) is 2.65. The molecule has 0 spiro atoms. The number of aromatic nitrogens is 1. The lowest BCUT2D eigenvalue weighted by Crippen LogP contribution is -2.45. The fraction of sp³-hybridized carbons (Fsp3) is 0.524. The molecular weight excluding hydrogens is 354 g/mol. The van der Waals surface area contributed by atoms with Crippen molar-refractivity contribution in [1.82, 2.24) is 15.6 Å². The largest absolute Gasteiger partial charge is 0.392 e. The number of piperidine rings is 1. The van der Waals surface area contributed by atoms with Crippen molar-refractivity contribution >= 4 is 22.6 Å². The number of nitrogens with one attached hydrogen (secondary N) is 2. The lowest BCUT2D eigenvalue weighted by molar-refractivity contribution is 0.0941. The first-order chi connectivity index (χ1) is 13.3. The number of fused-ring (bicyclic) bond motifs is 1. The molecule has 1 amide bonds. The standard InChI is InChI=1S/C21H31N5O2/c1-13-4-5-19-16(10-13)11-18(21(28)24-15(3)22)20(25-19)26-8-6-17(7-9-26)23-12-14(2)27/h4-5,10-11,14-15,17,23,27H,6-9,12,22H2,1-3H3,(H,24,28)/t14-,15?/m1/s1. The van der Waals surface area contributed by atoms with Gasteiger partial charge in [-0.2, -0.15) is 0 Å². The molecule has 1 aromatic heterocycles. The van der Waals surface area contributed by atoms with Crippen LogP contribution in [0, 0.1) is 6.92 Å². The van der Waals surface area contributed by atoms with E-state index in [1.165, 1.54) is 0 Å². The first kappa shape index (κ1) is 20.5. The van der Waals surface area contributed by atoms with Gasteiger partial charge in [0.15, 0.2) is 0 Å². The highest BCUT2D eigenvalue weighted by molar-refractivity contribution is 6.02. The summed E-state index contributed by atoms with van der Waals surface area (Å²) < 4.78 is 0. The predicted molar refractivity (Wildman–Crippen MR) is 113 cm³/mol. The molecule has 0 bridgehead atoms. The summed E-state index contributed by atoms with van der Waals surface area (Å²) in [7, 11) is 0. The Hall–Kier alpha value is -2.22. The van der Waals surface area contributed by atoms with Crippen molar-refractivity contribution in [3.05, 3.63) is 35.4 Å². The van der Waals surface area contributed by atoms with Gasteiger partial charge in [-0.1, -0.05) is 11.6 Å². The third kappa shape index (κ3) is 4.98. The summed E-state index contributed by atoms with van der Waals surface area (Å²) in [6, 6.07) is 8.36. The number of aliphatic hydroxyl groups excluding tert-OH is 1. The van der Waals surface area contributed by atoms with E-state index in [9.17, 15) is 9.90 Å². The van der Waals surface area contributed by atoms with Crippen molar-refractivity contribution in [2.45, 2.75) is 51.9 Å². The molecule has 1 fully saturated rings. The highest BCUT2D eigenvalue weighted by Gasteiger charge is 2.25. The van der Waals surface area contributed by atoms with Crippen LogP contribution in [0.15, 0.2) is 24.3 Å². The Bertz CT molecular complexity index is 829. The number of aliphatic hydroxyl groups is 1. The Kier molecular flexibility index (Phi) is 6.49. The summed E-state index contributed by atoms with van der Waals surface area (Å²) in [5, 5.41) is 16.6. The number of anilines is 1. The molecule has 1 aromatic carbocycles. The summed E-state index contributed by atoms with van der Waals surface area (Å²) >= 11 is 0. The van der Waals surface area contributed by atoms with Crippen LogP contribution in [-0.2, 0) is 0 Å². The maximum atomic E-state index is 12.8. The van der Waals surface area contributed by atoms with Gasteiger partial charge in [-0.25, -0.2) is 4.98 Å². The van der Waals surface area contributed by atoms with Gasteiger partial charge in [-0.15, -0.1) is 0 Å². The van der Waals surface area contributed by atoms with Crippen molar-refractivity contribution < 1.29 is 9.90 Å². The van der Waals surface area contributed by atoms with Crippen LogP contribution in [0.5, 0.6) is 0 Å². The Morgan fingerprint density at radius 3 is 2.68 bits per heavy atom. The number of hydrogen-bond acceptors (Lipinski definition) is 6.